The molecule has 0 heterocycles. The molecular weight excluding hydrogens is 313 g/mol. The van der Waals surface area contributed by atoms with E-state index in [-0.39, 0.29) is 16.9 Å². The van der Waals surface area contributed by atoms with Crippen molar-refractivity contribution >= 4 is 6.08 Å². The minimum atomic E-state index is -1.10. The van der Waals surface area contributed by atoms with Crippen LogP contribution in [0.15, 0.2) is 29.8 Å². The molecule has 0 aromatic heterocycles. The van der Waals surface area contributed by atoms with E-state index in [1.54, 1.807) is 6.07 Å². The topological polar surface area (TPSA) is 9.23 Å². The Hall–Kier alpha value is -2.23. The molecule has 0 N–H and O–H groups in total. The summed E-state index contributed by atoms with van der Waals surface area (Å²) in [5.74, 6) is -2.85. The second-order valence-corrected chi connectivity index (χ2v) is 5.99. The van der Waals surface area contributed by atoms with Crippen LogP contribution in [0.4, 0.5) is 13.2 Å². The van der Waals surface area contributed by atoms with Crippen LogP contribution in [0.1, 0.15) is 37.3 Å². The first kappa shape index (κ1) is 16.6. The highest BCUT2D eigenvalue weighted by molar-refractivity contribution is 5.71. The Labute approximate surface area is 139 Å². The number of hydrogen-bond acceptors (Lipinski definition) is 1. The van der Waals surface area contributed by atoms with Crippen molar-refractivity contribution in [3.8, 4) is 16.9 Å². The Morgan fingerprint density at radius 2 is 1.62 bits per heavy atom. The van der Waals surface area contributed by atoms with Crippen LogP contribution in [0.5, 0.6) is 5.75 Å². The van der Waals surface area contributed by atoms with Gasteiger partial charge in [-0.3, -0.25) is 0 Å². The lowest BCUT2D eigenvalue weighted by Gasteiger charge is -2.19. The minimum absolute atomic E-state index is 0.0835. The molecule has 126 valence electrons. The van der Waals surface area contributed by atoms with Crippen molar-refractivity contribution in [2.24, 2.45) is 0 Å². The third-order valence-electron chi connectivity index (χ3n) is 4.46. The van der Waals surface area contributed by atoms with Gasteiger partial charge in [0.25, 0.3) is 0 Å². The number of halogens is 3. The van der Waals surface area contributed by atoms with Gasteiger partial charge in [0.1, 0.15) is 5.82 Å². The SMILES string of the molecule is CCCC1=Cc2ccc(-c3ccc(OC)c(F)c3F)c(F)c2CC1. The summed E-state index contributed by atoms with van der Waals surface area (Å²) >= 11 is 0. The molecule has 1 aliphatic rings. The summed E-state index contributed by atoms with van der Waals surface area (Å²) < 4.78 is 47.9. The zero-order valence-corrected chi connectivity index (χ0v) is 13.8. The van der Waals surface area contributed by atoms with E-state index in [9.17, 15) is 13.2 Å². The van der Waals surface area contributed by atoms with Crippen LogP contribution in [0.3, 0.4) is 0 Å². The molecule has 0 saturated heterocycles. The van der Waals surface area contributed by atoms with Crippen molar-refractivity contribution in [3.63, 3.8) is 0 Å². The molecular formula is C20H19F3O. The fourth-order valence-corrected chi connectivity index (χ4v) is 3.23. The molecule has 0 unspecified atom stereocenters. The lowest BCUT2D eigenvalue weighted by molar-refractivity contribution is 0.372. The number of hydrogen-bond donors (Lipinski definition) is 0. The van der Waals surface area contributed by atoms with E-state index in [0.29, 0.717) is 12.0 Å². The first-order valence-corrected chi connectivity index (χ1v) is 8.10. The standard InChI is InChI=1S/C20H19F3O/c1-3-4-12-5-7-14-13(11-12)6-8-15(18(14)21)16-9-10-17(24-2)20(23)19(16)22/h6,8-11H,3-5,7H2,1-2H3. The van der Waals surface area contributed by atoms with Crippen molar-refractivity contribution in [1.29, 1.82) is 0 Å². The summed E-state index contributed by atoms with van der Waals surface area (Å²) in [6, 6.07) is 5.96. The van der Waals surface area contributed by atoms with Crippen molar-refractivity contribution in [3.05, 3.63) is 58.4 Å². The van der Waals surface area contributed by atoms with E-state index in [1.165, 1.54) is 30.9 Å². The first-order chi connectivity index (χ1) is 11.6. The molecule has 24 heavy (non-hydrogen) atoms. The summed E-state index contributed by atoms with van der Waals surface area (Å²) in [5.41, 5.74) is 2.71. The van der Waals surface area contributed by atoms with Crippen molar-refractivity contribution in [1.82, 2.24) is 0 Å². The maximum Gasteiger partial charge on any atom is 0.201 e. The first-order valence-electron chi connectivity index (χ1n) is 8.10. The van der Waals surface area contributed by atoms with Crippen LogP contribution in [0.25, 0.3) is 17.2 Å². The van der Waals surface area contributed by atoms with Crippen molar-refractivity contribution < 1.29 is 17.9 Å². The largest absolute Gasteiger partial charge is 0.494 e. The van der Waals surface area contributed by atoms with Gasteiger partial charge in [0.15, 0.2) is 11.6 Å². The maximum atomic E-state index is 14.9. The zero-order valence-electron chi connectivity index (χ0n) is 13.8. The molecule has 0 aliphatic heterocycles. The smallest absolute Gasteiger partial charge is 0.201 e. The van der Waals surface area contributed by atoms with Crippen LogP contribution >= 0.6 is 0 Å². The monoisotopic (exact) mass is 332 g/mol. The molecule has 0 atom stereocenters. The van der Waals surface area contributed by atoms with Crippen LogP contribution in [0.2, 0.25) is 0 Å². The number of rotatable bonds is 4. The number of ether oxygens (including phenoxy) is 1. The fraction of sp³-hybridized carbons (Fsp3) is 0.300. The number of fused-ring (bicyclic) bond motifs is 1. The predicted octanol–water partition coefficient (Wildman–Crippen LogP) is 5.91. The molecule has 2 aromatic carbocycles. The van der Waals surface area contributed by atoms with Gasteiger partial charge in [-0.1, -0.05) is 37.1 Å². The van der Waals surface area contributed by atoms with Gasteiger partial charge in [0, 0.05) is 11.1 Å². The third-order valence-corrected chi connectivity index (χ3v) is 4.46. The molecule has 1 aliphatic carbocycles. The molecule has 3 rings (SSSR count). The van der Waals surface area contributed by atoms with E-state index in [4.69, 9.17) is 4.74 Å². The lowest BCUT2D eigenvalue weighted by Crippen LogP contribution is -2.05. The molecule has 1 nitrogen and oxygen atoms in total. The van der Waals surface area contributed by atoms with Crippen molar-refractivity contribution in [2.75, 3.05) is 7.11 Å². The van der Waals surface area contributed by atoms with E-state index < -0.39 is 17.5 Å². The molecule has 0 bridgehead atoms. The summed E-state index contributed by atoms with van der Waals surface area (Å²) in [7, 11) is 1.26. The molecule has 2 aromatic rings. The Balaban J connectivity index is 2.08. The Morgan fingerprint density at radius 1 is 0.917 bits per heavy atom. The van der Waals surface area contributed by atoms with E-state index in [1.807, 2.05) is 6.08 Å². The highest BCUT2D eigenvalue weighted by Crippen LogP contribution is 2.36. The third kappa shape index (κ3) is 2.81. The number of methoxy groups -OCH3 is 1. The highest BCUT2D eigenvalue weighted by Gasteiger charge is 2.22. The quantitative estimate of drug-likeness (QED) is 0.676. The lowest BCUT2D eigenvalue weighted by atomic mass is 9.87. The second kappa shape index (κ2) is 6.71. The van der Waals surface area contributed by atoms with Gasteiger partial charge in [0.05, 0.1) is 7.11 Å². The van der Waals surface area contributed by atoms with Crippen molar-refractivity contribution in [2.45, 2.75) is 32.6 Å². The van der Waals surface area contributed by atoms with Gasteiger partial charge >= 0.3 is 0 Å². The maximum absolute atomic E-state index is 14.9. The minimum Gasteiger partial charge on any atom is -0.494 e. The predicted molar refractivity (Wildman–Crippen MR) is 89.5 cm³/mol. The Kier molecular flexibility index (Phi) is 4.65. The Morgan fingerprint density at radius 3 is 2.33 bits per heavy atom. The molecule has 0 radical (unpaired) electrons. The second-order valence-electron chi connectivity index (χ2n) is 5.99. The van der Waals surface area contributed by atoms with Gasteiger partial charge in [-0.25, -0.2) is 8.78 Å². The summed E-state index contributed by atoms with van der Waals surface area (Å²) in [6.07, 6.45) is 5.46. The average Bonchev–Trinajstić information content (AvgIpc) is 2.58. The molecule has 4 heteroatoms. The summed E-state index contributed by atoms with van der Waals surface area (Å²) in [6.45, 7) is 2.11. The van der Waals surface area contributed by atoms with E-state index >= 15 is 0 Å². The molecule has 0 fully saturated rings. The van der Waals surface area contributed by atoms with Gasteiger partial charge in [-0.2, -0.15) is 4.39 Å². The summed E-state index contributed by atoms with van der Waals surface area (Å²) in [4.78, 5) is 0. The molecule has 0 amide bonds. The number of benzene rings is 2. The fourth-order valence-electron chi connectivity index (χ4n) is 3.23. The normalized spacial score (nSPS) is 13.5. The Bertz CT molecular complexity index is 809. The van der Waals surface area contributed by atoms with E-state index in [0.717, 1.165) is 24.8 Å². The highest BCUT2D eigenvalue weighted by atomic mass is 19.2. The van der Waals surface area contributed by atoms with Crippen LogP contribution < -0.4 is 4.74 Å². The van der Waals surface area contributed by atoms with Gasteiger partial charge in [0.2, 0.25) is 5.82 Å². The molecule has 0 spiro atoms. The van der Waals surface area contributed by atoms with Gasteiger partial charge in [-0.15, -0.1) is 0 Å². The van der Waals surface area contributed by atoms with Gasteiger partial charge < -0.3 is 4.74 Å². The summed E-state index contributed by atoms with van der Waals surface area (Å²) in [5, 5.41) is 0. The average molecular weight is 332 g/mol. The van der Waals surface area contributed by atoms with Gasteiger partial charge in [-0.05, 0) is 42.5 Å². The van der Waals surface area contributed by atoms with Crippen LogP contribution in [0, 0.1) is 17.5 Å². The van der Waals surface area contributed by atoms with Crippen LogP contribution in [-0.4, -0.2) is 7.11 Å². The number of allylic oxidation sites excluding steroid dienone is 1. The zero-order chi connectivity index (χ0) is 17.3. The van der Waals surface area contributed by atoms with Crippen LogP contribution in [-0.2, 0) is 6.42 Å². The van der Waals surface area contributed by atoms with E-state index in [2.05, 4.69) is 6.92 Å². The molecule has 0 saturated carbocycles.